The molecule has 16 heavy (non-hydrogen) atoms. The Morgan fingerprint density at radius 3 is 2.94 bits per heavy atom. The minimum Gasteiger partial charge on any atom is -0.388 e. The first-order valence-corrected chi connectivity index (χ1v) is 6.79. The molecule has 0 saturated heterocycles. The first-order valence-electron chi connectivity index (χ1n) is 5.18. The molecular formula is C10H15N3O2S. The fourth-order valence-corrected chi connectivity index (χ4v) is 2.97. The predicted molar refractivity (Wildman–Crippen MR) is 62.7 cm³/mol. The van der Waals surface area contributed by atoms with Gasteiger partial charge in [0.1, 0.15) is 0 Å². The number of hydrogen-bond acceptors (Lipinski definition) is 4. The number of primary sulfonamides is 1. The van der Waals surface area contributed by atoms with Gasteiger partial charge in [0.15, 0.2) is 0 Å². The molecule has 0 saturated carbocycles. The molecular weight excluding hydrogens is 226 g/mol. The van der Waals surface area contributed by atoms with Crippen LogP contribution in [0.4, 0.5) is 5.69 Å². The minimum absolute atomic E-state index is 0.457. The molecule has 6 heteroatoms. The second kappa shape index (κ2) is 4.03. The zero-order valence-electron chi connectivity index (χ0n) is 9.10. The number of nitrogens with zero attached hydrogens (tertiary/aromatic N) is 1. The van der Waals surface area contributed by atoms with Crippen LogP contribution in [-0.4, -0.2) is 25.7 Å². The van der Waals surface area contributed by atoms with Crippen molar-refractivity contribution in [1.82, 2.24) is 4.98 Å². The fraction of sp³-hybridized carbons (Fsp3) is 0.500. The second-order valence-corrected chi connectivity index (χ2v) is 5.83. The van der Waals surface area contributed by atoms with Crippen LogP contribution in [0.3, 0.4) is 0 Å². The third-order valence-electron chi connectivity index (χ3n) is 3.01. The van der Waals surface area contributed by atoms with E-state index in [0.717, 1.165) is 16.9 Å². The SMILES string of the molecule is CNc1ccnc2c1CC(S(N)(=O)=O)CC2. The number of pyridine rings is 1. The Labute approximate surface area is 95.1 Å². The van der Waals surface area contributed by atoms with Crippen molar-refractivity contribution in [2.75, 3.05) is 12.4 Å². The summed E-state index contributed by atoms with van der Waals surface area (Å²) in [6.07, 6.45) is 3.43. The van der Waals surface area contributed by atoms with Gasteiger partial charge in [-0.2, -0.15) is 0 Å². The summed E-state index contributed by atoms with van der Waals surface area (Å²) in [5.41, 5.74) is 2.90. The maximum absolute atomic E-state index is 11.3. The van der Waals surface area contributed by atoms with Crippen molar-refractivity contribution in [3.63, 3.8) is 0 Å². The Balaban J connectivity index is 2.39. The first-order chi connectivity index (χ1) is 7.52. The highest BCUT2D eigenvalue weighted by atomic mass is 32.2. The van der Waals surface area contributed by atoms with Crippen molar-refractivity contribution in [1.29, 1.82) is 0 Å². The van der Waals surface area contributed by atoms with Gasteiger partial charge in [-0.3, -0.25) is 4.98 Å². The normalized spacial score (nSPS) is 20.2. The molecule has 0 radical (unpaired) electrons. The molecule has 88 valence electrons. The van der Waals surface area contributed by atoms with Gasteiger partial charge in [-0.1, -0.05) is 0 Å². The molecule has 0 spiro atoms. The van der Waals surface area contributed by atoms with Crippen LogP contribution >= 0.6 is 0 Å². The van der Waals surface area contributed by atoms with Crippen LogP contribution in [-0.2, 0) is 22.9 Å². The molecule has 0 bridgehead atoms. The number of hydrogen-bond donors (Lipinski definition) is 2. The first kappa shape index (κ1) is 11.3. The van der Waals surface area contributed by atoms with E-state index >= 15 is 0 Å². The van der Waals surface area contributed by atoms with Crippen LogP contribution < -0.4 is 10.5 Å². The number of sulfonamides is 1. The number of nitrogens with one attached hydrogen (secondary N) is 1. The maximum Gasteiger partial charge on any atom is 0.212 e. The molecule has 1 atom stereocenters. The fourth-order valence-electron chi connectivity index (χ4n) is 2.12. The van der Waals surface area contributed by atoms with Crippen LogP contribution in [0, 0.1) is 0 Å². The molecule has 1 aliphatic carbocycles. The number of aryl methyl sites for hydroxylation is 1. The molecule has 0 aromatic carbocycles. The second-order valence-electron chi connectivity index (χ2n) is 3.99. The number of nitrogens with two attached hydrogens (primary N) is 1. The summed E-state index contributed by atoms with van der Waals surface area (Å²) >= 11 is 0. The summed E-state index contributed by atoms with van der Waals surface area (Å²) in [6.45, 7) is 0. The lowest BCUT2D eigenvalue weighted by Crippen LogP contribution is -2.34. The lowest BCUT2D eigenvalue weighted by Gasteiger charge is -2.24. The van der Waals surface area contributed by atoms with Crippen molar-refractivity contribution in [2.24, 2.45) is 5.14 Å². The van der Waals surface area contributed by atoms with Crippen LogP contribution in [0.25, 0.3) is 0 Å². The lowest BCUT2D eigenvalue weighted by molar-refractivity contribution is 0.561. The van der Waals surface area contributed by atoms with E-state index in [0.29, 0.717) is 19.3 Å². The van der Waals surface area contributed by atoms with Crippen molar-refractivity contribution in [3.8, 4) is 0 Å². The zero-order chi connectivity index (χ0) is 11.8. The number of fused-ring (bicyclic) bond motifs is 1. The molecule has 1 aromatic rings. The molecule has 5 nitrogen and oxygen atoms in total. The summed E-state index contributed by atoms with van der Waals surface area (Å²) in [4.78, 5) is 4.27. The molecule has 2 rings (SSSR count). The molecule has 1 heterocycles. The predicted octanol–water partition coefficient (Wildman–Crippen LogP) is 0.269. The number of rotatable bonds is 2. The lowest BCUT2D eigenvalue weighted by atomic mass is 9.94. The van der Waals surface area contributed by atoms with Crippen LogP contribution in [0.2, 0.25) is 0 Å². The van der Waals surface area contributed by atoms with Gasteiger partial charge in [0.05, 0.1) is 5.25 Å². The molecule has 1 aliphatic rings. The quantitative estimate of drug-likeness (QED) is 0.778. The standard InChI is InChI=1S/C10H15N3O2S/c1-12-9-4-5-13-10-3-2-7(6-8(9)10)16(11,14)15/h4-5,7H,2-3,6H2,1H3,(H,12,13)(H2,11,14,15). The van der Waals surface area contributed by atoms with Gasteiger partial charge < -0.3 is 5.32 Å². The Morgan fingerprint density at radius 1 is 1.56 bits per heavy atom. The van der Waals surface area contributed by atoms with Crippen molar-refractivity contribution < 1.29 is 8.42 Å². The molecule has 0 amide bonds. The van der Waals surface area contributed by atoms with Gasteiger partial charge >= 0.3 is 0 Å². The minimum atomic E-state index is -3.45. The Bertz CT molecular complexity index is 485. The van der Waals surface area contributed by atoms with E-state index in [1.54, 1.807) is 6.20 Å². The van der Waals surface area contributed by atoms with Crippen molar-refractivity contribution in [2.45, 2.75) is 24.5 Å². The van der Waals surface area contributed by atoms with Crippen molar-refractivity contribution in [3.05, 3.63) is 23.5 Å². The third-order valence-corrected chi connectivity index (χ3v) is 4.35. The number of aromatic nitrogens is 1. The van der Waals surface area contributed by atoms with E-state index in [4.69, 9.17) is 5.14 Å². The van der Waals surface area contributed by atoms with Gasteiger partial charge in [-0.15, -0.1) is 0 Å². The molecule has 0 aliphatic heterocycles. The largest absolute Gasteiger partial charge is 0.388 e. The molecule has 3 N–H and O–H groups in total. The molecule has 1 aromatic heterocycles. The highest BCUT2D eigenvalue weighted by Gasteiger charge is 2.28. The van der Waals surface area contributed by atoms with Gasteiger partial charge in [-0.05, 0) is 30.9 Å². The van der Waals surface area contributed by atoms with E-state index in [9.17, 15) is 8.42 Å². The van der Waals surface area contributed by atoms with E-state index in [-0.39, 0.29) is 0 Å². The summed E-state index contributed by atoms with van der Waals surface area (Å²) in [7, 11) is -1.63. The van der Waals surface area contributed by atoms with Crippen LogP contribution in [0.15, 0.2) is 12.3 Å². The zero-order valence-corrected chi connectivity index (χ0v) is 9.92. The summed E-state index contributed by atoms with van der Waals surface area (Å²) in [6, 6.07) is 1.85. The summed E-state index contributed by atoms with van der Waals surface area (Å²) < 4.78 is 22.7. The van der Waals surface area contributed by atoms with Crippen LogP contribution in [0.5, 0.6) is 0 Å². The average Bonchev–Trinajstić information content (AvgIpc) is 2.26. The van der Waals surface area contributed by atoms with Gasteiger partial charge in [-0.25, -0.2) is 13.6 Å². The van der Waals surface area contributed by atoms with E-state index in [1.807, 2.05) is 13.1 Å². The highest BCUT2D eigenvalue weighted by Crippen LogP contribution is 2.28. The summed E-state index contributed by atoms with van der Waals surface area (Å²) in [5.74, 6) is 0. The average molecular weight is 241 g/mol. The molecule has 0 fully saturated rings. The van der Waals surface area contributed by atoms with Crippen molar-refractivity contribution >= 4 is 15.7 Å². The van der Waals surface area contributed by atoms with E-state index < -0.39 is 15.3 Å². The number of anilines is 1. The topological polar surface area (TPSA) is 85.1 Å². The van der Waals surface area contributed by atoms with E-state index in [2.05, 4.69) is 10.3 Å². The Morgan fingerprint density at radius 2 is 2.31 bits per heavy atom. The van der Waals surface area contributed by atoms with Gasteiger partial charge in [0.2, 0.25) is 10.0 Å². The van der Waals surface area contributed by atoms with Gasteiger partial charge in [0.25, 0.3) is 0 Å². The Hall–Kier alpha value is -1.14. The van der Waals surface area contributed by atoms with Crippen LogP contribution in [0.1, 0.15) is 17.7 Å². The molecule has 1 unspecified atom stereocenters. The summed E-state index contributed by atoms with van der Waals surface area (Å²) in [5, 5.41) is 7.77. The Kier molecular flexibility index (Phi) is 2.86. The maximum atomic E-state index is 11.3. The monoisotopic (exact) mass is 241 g/mol. The smallest absolute Gasteiger partial charge is 0.212 e. The van der Waals surface area contributed by atoms with E-state index in [1.165, 1.54) is 0 Å². The third kappa shape index (κ3) is 2.03. The van der Waals surface area contributed by atoms with Gasteiger partial charge in [0, 0.05) is 24.6 Å². The highest BCUT2D eigenvalue weighted by molar-refractivity contribution is 7.89.